The van der Waals surface area contributed by atoms with E-state index in [0.29, 0.717) is 14.5 Å². The molecular formula is C11H8Br2N2O2. The Labute approximate surface area is 115 Å². The van der Waals surface area contributed by atoms with Crippen molar-refractivity contribution in [2.45, 2.75) is 0 Å². The summed E-state index contributed by atoms with van der Waals surface area (Å²) in [6.07, 6.45) is 1.44. The van der Waals surface area contributed by atoms with Crippen LogP contribution in [0.25, 0.3) is 6.08 Å². The minimum atomic E-state index is -0.451. The first-order valence-electron chi connectivity index (χ1n) is 4.51. The number of carbonyl (C=O) groups is 1. The van der Waals surface area contributed by atoms with E-state index in [1.165, 1.54) is 13.1 Å². The second-order valence-electron chi connectivity index (χ2n) is 3.08. The van der Waals surface area contributed by atoms with E-state index in [-0.39, 0.29) is 11.3 Å². The Hall–Kier alpha value is -1.32. The Balaban J connectivity index is 3.23. The molecule has 0 saturated heterocycles. The van der Waals surface area contributed by atoms with Crippen LogP contribution in [0, 0.1) is 11.3 Å². The maximum atomic E-state index is 11.3. The van der Waals surface area contributed by atoms with Crippen LogP contribution >= 0.6 is 31.9 Å². The lowest BCUT2D eigenvalue weighted by atomic mass is 10.1. The molecule has 0 unspecified atom stereocenters. The van der Waals surface area contributed by atoms with Gasteiger partial charge in [-0.15, -0.1) is 0 Å². The molecule has 1 aromatic rings. The van der Waals surface area contributed by atoms with Gasteiger partial charge in [0, 0.05) is 7.05 Å². The average Bonchev–Trinajstić information content (AvgIpc) is 2.31. The van der Waals surface area contributed by atoms with Crippen molar-refractivity contribution < 1.29 is 9.90 Å². The van der Waals surface area contributed by atoms with Crippen molar-refractivity contribution in [2.75, 3.05) is 7.05 Å². The lowest BCUT2D eigenvalue weighted by Gasteiger charge is -2.03. The Kier molecular flexibility index (Phi) is 4.73. The number of rotatable bonds is 2. The smallest absolute Gasteiger partial charge is 0.261 e. The van der Waals surface area contributed by atoms with E-state index in [1.807, 2.05) is 6.07 Å². The number of nitriles is 1. The number of hydrogen-bond donors (Lipinski definition) is 2. The molecule has 0 aromatic heterocycles. The number of carbonyl (C=O) groups excluding carboxylic acids is 1. The first-order chi connectivity index (χ1) is 7.99. The molecular weight excluding hydrogens is 352 g/mol. The van der Waals surface area contributed by atoms with Gasteiger partial charge < -0.3 is 10.4 Å². The number of amides is 1. The van der Waals surface area contributed by atoms with Crippen LogP contribution in [-0.2, 0) is 4.79 Å². The van der Waals surface area contributed by atoms with E-state index in [9.17, 15) is 9.90 Å². The van der Waals surface area contributed by atoms with Crippen LogP contribution in [0.5, 0.6) is 5.75 Å². The highest BCUT2D eigenvalue weighted by Crippen LogP contribution is 2.33. The van der Waals surface area contributed by atoms with Crippen LogP contribution in [0.3, 0.4) is 0 Å². The van der Waals surface area contributed by atoms with Crippen molar-refractivity contribution in [3.63, 3.8) is 0 Å². The summed E-state index contributed by atoms with van der Waals surface area (Å²) in [5.41, 5.74) is 0.624. The minimum absolute atomic E-state index is 0.00279. The fraction of sp³-hybridized carbons (Fsp3) is 0.0909. The molecule has 1 rings (SSSR count). The standard InChI is InChI=1S/C11H8Br2N2O2/c1-15-11(17)7(5-14)2-6-3-8(12)10(16)9(13)4-6/h2-4,16H,1H3,(H,15,17)/b7-2+. The number of nitrogens with zero attached hydrogens (tertiary/aromatic N) is 1. The van der Waals surface area contributed by atoms with Gasteiger partial charge in [-0.1, -0.05) is 0 Å². The highest BCUT2D eigenvalue weighted by molar-refractivity contribution is 9.11. The Morgan fingerprint density at radius 1 is 1.47 bits per heavy atom. The summed E-state index contributed by atoms with van der Waals surface area (Å²) in [4.78, 5) is 11.3. The van der Waals surface area contributed by atoms with Crippen LogP contribution < -0.4 is 5.32 Å². The third-order valence-corrected chi connectivity index (χ3v) is 3.15. The first-order valence-corrected chi connectivity index (χ1v) is 6.10. The number of nitrogens with one attached hydrogen (secondary N) is 1. The molecule has 0 saturated carbocycles. The predicted molar refractivity (Wildman–Crippen MR) is 71.2 cm³/mol. The van der Waals surface area contributed by atoms with Gasteiger partial charge in [0.15, 0.2) is 0 Å². The number of likely N-dealkylation sites (N-methyl/N-ethyl adjacent to an activating group) is 1. The summed E-state index contributed by atoms with van der Waals surface area (Å²) >= 11 is 6.34. The molecule has 6 heteroatoms. The third-order valence-electron chi connectivity index (χ3n) is 1.94. The quantitative estimate of drug-likeness (QED) is 0.629. The molecule has 0 heterocycles. The second-order valence-corrected chi connectivity index (χ2v) is 4.79. The summed E-state index contributed by atoms with van der Waals surface area (Å²) in [7, 11) is 1.45. The number of benzene rings is 1. The van der Waals surface area contributed by atoms with Crippen molar-refractivity contribution in [1.29, 1.82) is 5.26 Å². The number of aromatic hydroxyl groups is 1. The van der Waals surface area contributed by atoms with E-state index in [4.69, 9.17) is 5.26 Å². The number of phenols is 1. The molecule has 0 bridgehead atoms. The van der Waals surface area contributed by atoms with Gasteiger partial charge in [0.2, 0.25) is 0 Å². The maximum absolute atomic E-state index is 11.3. The summed E-state index contributed by atoms with van der Waals surface area (Å²) in [6, 6.07) is 5.03. The van der Waals surface area contributed by atoms with Crippen molar-refractivity contribution in [1.82, 2.24) is 5.32 Å². The zero-order valence-electron chi connectivity index (χ0n) is 8.79. The summed E-state index contributed by atoms with van der Waals surface area (Å²) in [5, 5.41) is 20.7. The van der Waals surface area contributed by atoms with Crippen molar-refractivity contribution in [3.05, 3.63) is 32.2 Å². The largest absolute Gasteiger partial charge is 0.506 e. The zero-order chi connectivity index (χ0) is 13.0. The van der Waals surface area contributed by atoms with E-state index >= 15 is 0 Å². The van der Waals surface area contributed by atoms with Crippen molar-refractivity contribution in [3.8, 4) is 11.8 Å². The van der Waals surface area contributed by atoms with Crippen LogP contribution in [0.15, 0.2) is 26.7 Å². The Morgan fingerprint density at radius 2 is 2.00 bits per heavy atom. The maximum Gasteiger partial charge on any atom is 0.261 e. The van der Waals surface area contributed by atoms with Gasteiger partial charge >= 0.3 is 0 Å². The van der Waals surface area contributed by atoms with Gasteiger partial charge in [-0.05, 0) is 55.6 Å². The summed E-state index contributed by atoms with van der Waals surface area (Å²) in [5.74, 6) is -0.381. The molecule has 0 aliphatic carbocycles. The molecule has 0 aliphatic heterocycles. The molecule has 0 atom stereocenters. The lowest BCUT2D eigenvalue weighted by molar-refractivity contribution is -0.116. The molecule has 1 amide bonds. The van der Waals surface area contributed by atoms with Gasteiger partial charge in [-0.3, -0.25) is 4.79 Å². The van der Waals surface area contributed by atoms with E-state index in [1.54, 1.807) is 12.1 Å². The van der Waals surface area contributed by atoms with Gasteiger partial charge in [-0.2, -0.15) is 5.26 Å². The van der Waals surface area contributed by atoms with Gasteiger partial charge in [-0.25, -0.2) is 0 Å². The van der Waals surface area contributed by atoms with Crippen LogP contribution in [0.4, 0.5) is 0 Å². The predicted octanol–water partition coefficient (Wildman–Crippen LogP) is 2.57. The van der Waals surface area contributed by atoms with Gasteiger partial charge in [0.1, 0.15) is 17.4 Å². The normalized spacial score (nSPS) is 10.8. The molecule has 88 valence electrons. The number of phenolic OH excluding ortho intramolecular Hbond substituents is 1. The third kappa shape index (κ3) is 3.32. The summed E-state index contributed by atoms with van der Waals surface area (Å²) in [6.45, 7) is 0. The number of halogens is 2. The topological polar surface area (TPSA) is 73.1 Å². The Bertz CT molecular complexity index is 510. The molecule has 0 aliphatic rings. The fourth-order valence-electron chi connectivity index (χ4n) is 1.12. The number of hydrogen-bond acceptors (Lipinski definition) is 3. The van der Waals surface area contributed by atoms with Crippen molar-refractivity contribution >= 4 is 43.8 Å². The molecule has 17 heavy (non-hydrogen) atoms. The van der Waals surface area contributed by atoms with Crippen LogP contribution in [-0.4, -0.2) is 18.1 Å². The SMILES string of the molecule is CNC(=O)/C(C#N)=C/c1cc(Br)c(O)c(Br)c1. The second kappa shape index (κ2) is 5.84. The fourth-order valence-corrected chi connectivity index (χ4v) is 2.34. The Morgan fingerprint density at radius 3 is 2.41 bits per heavy atom. The molecule has 0 fully saturated rings. The molecule has 4 nitrogen and oxygen atoms in total. The summed E-state index contributed by atoms with van der Waals surface area (Å²) < 4.78 is 0.958. The molecule has 2 N–H and O–H groups in total. The molecule has 1 aromatic carbocycles. The minimum Gasteiger partial charge on any atom is -0.506 e. The van der Waals surface area contributed by atoms with Gasteiger partial charge in [0.05, 0.1) is 8.95 Å². The molecule has 0 spiro atoms. The van der Waals surface area contributed by atoms with Crippen LogP contribution in [0.1, 0.15) is 5.56 Å². The lowest BCUT2D eigenvalue weighted by Crippen LogP contribution is -2.19. The first kappa shape index (κ1) is 13.7. The van der Waals surface area contributed by atoms with Gasteiger partial charge in [0.25, 0.3) is 5.91 Å². The van der Waals surface area contributed by atoms with E-state index in [0.717, 1.165) is 0 Å². The van der Waals surface area contributed by atoms with Crippen LogP contribution in [0.2, 0.25) is 0 Å². The highest BCUT2D eigenvalue weighted by atomic mass is 79.9. The monoisotopic (exact) mass is 358 g/mol. The zero-order valence-corrected chi connectivity index (χ0v) is 12.0. The van der Waals surface area contributed by atoms with E-state index in [2.05, 4.69) is 37.2 Å². The van der Waals surface area contributed by atoms with E-state index < -0.39 is 5.91 Å². The average molecular weight is 360 g/mol. The van der Waals surface area contributed by atoms with Crippen molar-refractivity contribution in [2.24, 2.45) is 0 Å². The molecule has 0 radical (unpaired) electrons. The highest BCUT2D eigenvalue weighted by Gasteiger charge is 2.09.